The Hall–Kier alpha value is -2.18. The molecular weight excluding hydrogens is 362 g/mol. The van der Waals surface area contributed by atoms with E-state index in [1.165, 1.54) is 11.3 Å². The molecule has 2 aromatic carbocycles. The van der Waals surface area contributed by atoms with Crippen molar-refractivity contribution in [2.75, 3.05) is 11.1 Å². The van der Waals surface area contributed by atoms with E-state index >= 15 is 0 Å². The number of anilines is 2. The second-order valence-electron chi connectivity index (χ2n) is 4.59. The van der Waals surface area contributed by atoms with E-state index in [4.69, 9.17) is 5.73 Å². The lowest BCUT2D eigenvalue weighted by Crippen LogP contribution is -2.12. The van der Waals surface area contributed by atoms with Crippen molar-refractivity contribution < 1.29 is 4.79 Å². The van der Waals surface area contributed by atoms with Gasteiger partial charge in [-0.15, -0.1) is 11.3 Å². The van der Waals surface area contributed by atoms with Crippen LogP contribution in [0, 0.1) is 0 Å². The Bertz CT molecular complexity index is 814. The number of carbonyl (C=O) groups is 1. The maximum absolute atomic E-state index is 12.2. The van der Waals surface area contributed by atoms with E-state index < -0.39 is 0 Å². The van der Waals surface area contributed by atoms with Crippen molar-refractivity contribution in [3.63, 3.8) is 0 Å². The van der Waals surface area contributed by atoms with Crippen molar-refractivity contribution in [3.8, 4) is 11.3 Å². The van der Waals surface area contributed by atoms with Crippen LogP contribution in [0.4, 0.5) is 10.8 Å². The summed E-state index contributed by atoms with van der Waals surface area (Å²) in [7, 11) is 0. The van der Waals surface area contributed by atoms with Crippen LogP contribution >= 0.6 is 27.3 Å². The molecule has 1 amide bonds. The minimum atomic E-state index is -0.189. The molecule has 3 N–H and O–H groups in total. The lowest BCUT2D eigenvalue weighted by molar-refractivity contribution is 0.102. The van der Waals surface area contributed by atoms with Crippen LogP contribution in [-0.2, 0) is 0 Å². The Morgan fingerprint density at radius 2 is 1.86 bits per heavy atom. The van der Waals surface area contributed by atoms with Crippen molar-refractivity contribution >= 4 is 44.0 Å². The van der Waals surface area contributed by atoms with Gasteiger partial charge < -0.3 is 5.73 Å². The quantitative estimate of drug-likeness (QED) is 0.668. The molecule has 4 nitrogen and oxygen atoms in total. The number of rotatable bonds is 3. The van der Waals surface area contributed by atoms with Gasteiger partial charge in [0, 0.05) is 21.1 Å². The number of carbonyl (C=O) groups excluding carboxylic acids is 1. The summed E-state index contributed by atoms with van der Waals surface area (Å²) in [5.74, 6) is -0.189. The molecule has 0 saturated heterocycles. The zero-order valence-electron chi connectivity index (χ0n) is 11.4. The van der Waals surface area contributed by atoms with Crippen molar-refractivity contribution in [3.05, 3.63) is 63.9 Å². The monoisotopic (exact) mass is 373 g/mol. The average Bonchev–Trinajstić information content (AvgIpc) is 2.97. The molecule has 110 valence electrons. The van der Waals surface area contributed by atoms with Gasteiger partial charge in [0.15, 0.2) is 5.13 Å². The second-order valence-corrected chi connectivity index (χ2v) is 6.31. The average molecular weight is 374 g/mol. The topological polar surface area (TPSA) is 68.0 Å². The maximum atomic E-state index is 12.2. The molecule has 3 rings (SSSR count). The van der Waals surface area contributed by atoms with E-state index in [0.717, 1.165) is 15.7 Å². The van der Waals surface area contributed by atoms with Crippen LogP contribution in [-0.4, -0.2) is 10.9 Å². The molecule has 0 atom stereocenters. The number of hydrogen-bond acceptors (Lipinski definition) is 4. The fourth-order valence-electron chi connectivity index (χ4n) is 1.93. The molecule has 22 heavy (non-hydrogen) atoms. The number of nitrogens with one attached hydrogen (secondary N) is 1. The summed E-state index contributed by atoms with van der Waals surface area (Å²) >= 11 is 4.76. The van der Waals surface area contributed by atoms with Gasteiger partial charge in [-0.05, 0) is 40.2 Å². The standard InChI is InChI=1S/C16H12BrN3OS/c17-13-4-2-1-3-12(13)15(21)20-16-19-14(9-22-16)10-5-7-11(18)8-6-10/h1-9H,18H2,(H,19,20,21). The van der Waals surface area contributed by atoms with Gasteiger partial charge in [0.2, 0.25) is 0 Å². The number of nitrogen functional groups attached to an aromatic ring is 1. The van der Waals surface area contributed by atoms with Gasteiger partial charge in [0.25, 0.3) is 5.91 Å². The summed E-state index contributed by atoms with van der Waals surface area (Å²) in [5, 5.41) is 5.28. The van der Waals surface area contributed by atoms with E-state index in [2.05, 4.69) is 26.2 Å². The third-order valence-electron chi connectivity index (χ3n) is 3.05. The van der Waals surface area contributed by atoms with Crippen LogP contribution in [0.3, 0.4) is 0 Å². The SMILES string of the molecule is Nc1ccc(-c2csc(NC(=O)c3ccccc3Br)n2)cc1. The van der Waals surface area contributed by atoms with Gasteiger partial charge in [-0.25, -0.2) is 4.98 Å². The van der Waals surface area contributed by atoms with Gasteiger partial charge >= 0.3 is 0 Å². The lowest BCUT2D eigenvalue weighted by atomic mass is 10.1. The molecule has 0 aliphatic heterocycles. The number of thiazole rings is 1. The number of benzene rings is 2. The second kappa shape index (κ2) is 6.29. The summed E-state index contributed by atoms with van der Waals surface area (Å²) in [6, 6.07) is 14.7. The van der Waals surface area contributed by atoms with Gasteiger partial charge in [-0.1, -0.05) is 24.3 Å². The summed E-state index contributed by atoms with van der Waals surface area (Å²) in [6.45, 7) is 0. The Kier molecular flexibility index (Phi) is 4.22. The van der Waals surface area contributed by atoms with Crippen LogP contribution in [0.2, 0.25) is 0 Å². The molecular formula is C16H12BrN3OS. The molecule has 0 aliphatic carbocycles. The summed E-state index contributed by atoms with van der Waals surface area (Å²) in [5.41, 5.74) is 8.74. The van der Waals surface area contributed by atoms with Crippen LogP contribution in [0.15, 0.2) is 58.4 Å². The smallest absolute Gasteiger partial charge is 0.258 e. The number of hydrogen-bond donors (Lipinski definition) is 2. The molecule has 0 spiro atoms. The predicted octanol–water partition coefficient (Wildman–Crippen LogP) is 4.41. The molecule has 0 bridgehead atoms. The number of aromatic nitrogens is 1. The van der Waals surface area contributed by atoms with Crippen molar-refractivity contribution in [1.29, 1.82) is 0 Å². The Morgan fingerprint density at radius 1 is 1.14 bits per heavy atom. The number of halogens is 1. The molecule has 1 aromatic heterocycles. The predicted molar refractivity (Wildman–Crippen MR) is 94.1 cm³/mol. The number of nitrogens with two attached hydrogens (primary N) is 1. The first-order valence-corrected chi connectivity index (χ1v) is 8.18. The first-order valence-electron chi connectivity index (χ1n) is 6.51. The minimum absolute atomic E-state index is 0.189. The Balaban J connectivity index is 1.78. The summed E-state index contributed by atoms with van der Waals surface area (Å²) in [6.07, 6.45) is 0. The normalized spacial score (nSPS) is 10.4. The van der Waals surface area contributed by atoms with E-state index in [1.807, 2.05) is 47.8 Å². The van der Waals surface area contributed by atoms with E-state index in [0.29, 0.717) is 16.4 Å². The third-order valence-corrected chi connectivity index (χ3v) is 4.50. The largest absolute Gasteiger partial charge is 0.399 e. The van der Waals surface area contributed by atoms with Crippen LogP contribution in [0.1, 0.15) is 10.4 Å². The van der Waals surface area contributed by atoms with E-state index in [1.54, 1.807) is 6.07 Å². The lowest BCUT2D eigenvalue weighted by Gasteiger charge is -2.03. The fraction of sp³-hybridized carbons (Fsp3) is 0. The highest BCUT2D eigenvalue weighted by Crippen LogP contribution is 2.26. The zero-order chi connectivity index (χ0) is 15.5. The molecule has 0 aliphatic rings. The molecule has 0 radical (unpaired) electrons. The fourth-order valence-corrected chi connectivity index (χ4v) is 3.11. The number of nitrogens with zero attached hydrogens (tertiary/aromatic N) is 1. The molecule has 1 heterocycles. The highest BCUT2D eigenvalue weighted by atomic mass is 79.9. The van der Waals surface area contributed by atoms with Crippen molar-refractivity contribution in [1.82, 2.24) is 4.98 Å². The molecule has 0 fully saturated rings. The van der Waals surface area contributed by atoms with Gasteiger partial charge in [0.1, 0.15) is 0 Å². The zero-order valence-corrected chi connectivity index (χ0v) is 13.8. The first kappa shape index (κ1) is 14.7. The number of amides is 1. The summed E-state index contributed by atoms with van der Waals surface area (Å²) < 4.78 is 0.753. The van der Waals surface area contributed by atoms with Crippen LogP contribution in [0.5, 0.6) is 0 Å². The molecule has 0 unspecified atom stereocenters. The van der Waals surface area contributed by atoms with E-state index in [9.17, 15) is 4.79 Å². The van der Waals surface area contributed by atoms with Gasteiger partial charge in [0.05, 0.1) is 11.3 Å². The maximum Gasteiger partial charge on any atom is 0.258 e. The Labute approximate surface area is 140 Å². The van der Waals surface area contributed by atoms with Gasteiger partial charge in [-0.3, -0.25) is 10.1 Å². The third kappa shape index (κ3) is 3.18. The highest BCUT2D eigenvalue weighted by Gasteiger charge is 2.12. The van der Waals surface area contributed by atoms with Gasteiger partial charge in [-0.2, -0.15) is 0 Å². The minimum Gasteiger partial charge on any atom is -0.399 e. The Morgan fingerprint density at radius 3 is 2.59 bits per heavy atom. The highest BCUT2D eigenvalue weighted by molar-refractivity contribution is 9.10. The van der Waals surface area contributed by atoms with Crippen molar-refractivity contribution in [2.24, 2.45) is 0 Å². The first-order chi connectivity index (χ1) is 10.6. The molecule has 6 heteroatoms. The molecule has 0 saturated carbocycles. The molecule has 3 aromatic rings. The van der Waals surface area contributed by atoms with Crippen LogP contribution in [0.25, 0.3) is 11.3 Å². The van der Waals surface area contributed by atoms with E-state index in [-0.39, 0.29) is 5.91 Å². The van der Waals surface area contributed by atoms with Crippen molar-refractivity contribution in [2.45, 2.75) is 0 Å². The summed E-state index contributed by atoms with van der Waals surface area (Å²) in [4.78, 5) is 16.7. The van der Waals surface area contributed by atoms with Crippen LogP contribution < -0.4 is 11.1 Å².